The van der Waals surface area contributed by atoms with Crippen molar-refractivity contribution in [2.75, 3.05) is 11.9 Å². The van der Waals surface area contributed by atoms with E-state index in [1.165, 1.54) is 17.5 Å². The standard InChI is InChI=1S/C19H19NO3/c21-18(20-17-8-2-1-3-9-17)13-23-19(22)16-11-10-14-6-4-5-7-15(14)12-16/h1-3,8-12H,4-7,13H2,(H,20,21). The topological polar surface area (TPSA) is 55.4 Å². The van der Waals surface area contributed by atoms with Crippen molar-refractivity contribution >= 4 is 17.6 Å². The molecule has 4 nitrogen and oxygen atoms in total. The Morgan fingerprint density at radius 3 is 2.48 bits per heavy atom. The molecule has 0 saturated heterocycles. The average molecular weight is 309 g/mol. The van der Waals surface area contributed by atoms with Gasteiger partial charge in [0.15, 0.2) is 6.61 Å². The van der Waals surface area contributed by atoms with Crippen LogP contribution >= 0.6 is 0 Å². The van der Waals surface area contributed by atoms with E-state index in [-0.39, 0.29) is 12.5 Å². The first-order valence-electron chi connectivity index (χ1n) is 7.86. The van der Waals surface area contributed by atoms with E-state index < -0.39 is 5.97 Å². The van der Waals surface area contributed by atoms with Crippen LogP contribution in [0.1, 0.15) is 34.3 Å². The molecule has 0 heterocycles. The van der Waals surface area contributed by atoms with Crippen LogP contribution in [0, 0.1) is 0 Å². The second-order valence-corrected chi connectivity index (χ2v) is 5.68. The molecular formula is C19H19NO3. The molecule has 0 atom stereocenters. The number of aryl methyl sites for hydroxylation is 2. The lowest BCUT2D eigenvalue weighted by atomic mass is 9.90. The molecule has 0 unspecified atom stereocenters. The summed E-state index contributed by atoms with van der Waals surface area (Å²) >= 11 is 0. The van der Waals surface area contributed by atoms with Gasteiger partial charge in [0.2, 0.25) is 0 Å². The Balaban J connectivity index is 1.56. The summed E-state index contributed by atoms with van der Waals surface area (Å²) < 4.78 is 5.10. The van der Waals surface area contributed by atoms with Crippen LogP contribution < -0.4 is 5.32 Å². The lowest BCUT2D eigenvalue weighted by molar-refractivity contribution is -0.119. The van der Waals surface area contributed by atoms with Gasteiger partial charge in [-0.15, -0.1) is 0 Å². The first kappa shape index (κ1) is 15.3. The number of benzene rings is 2. The van der Waals surface area contributed by atoms with Gasteiger partial charge < -0.3 is 10.1 Å². The van der Waals surface area contributed by atoms with Crippen molar-refractivity contribution in [3.8, 4) is 0 Å². The van der Waals surface area contributed by atoms with E-state index in [2.05, 4.69) is 5.32 Å². The largest absolute Gasteiger partial charge is 0.452 e. The van der Waals surface area contributed by atoms with Gasteiger partial charge in [-0.1, -0.05) is 24.3 Å². The van der Waals surface area contributed by atoms with Crippen molar-refractivity contribution in [2.45, 2.75) is 25.7 Å². The van der Waals surface area contributed by atoms with Crippen molar-refractivity contribution in [3.63, 3.8) is 0 Å². The number of ether oxygens (including phenoxy) is 1. The molecule has 1 amide bonds. The summed E-state index contributed by atoms with van der Waals surface area (Å²) in [5.74, 6) is -0.802. The third-order valence-electron chi connectivity index (χ3n) is 3.98. The first-order valence-corrected chi connectivity index (χ1v) is 7.86. The zero-order valence-electron chi connectivity index (χ0n) is 12.9. The number of anilines is 1. The highest BCUT2D eigenvalue weighted by atomic mass is 16.5. The highest BCUT2D eigenvalue weighted by Gasteiger charge is 2.14. The predicted molar refractivity (Wildman–Crippen MR) is 88.4 cm³/mol. The fraction of sp³-hybridized carbons (Fsp3) is 0.263. The monoisotopic (exact) mass is 309 g/mol. The second kappa shape index (κ2) is 7.09. The van der Waals surface area contributed by atoms with Crippen molar-refractivity contribution in [1.29, 1.82) is 0 Å². The molecule has 1 aliphatic carbocycles. The number of rotatable bonds is 4. The molecule has 2 aromatic carbocycles. The minimum atomic E-state index is -0.457. The number of para-hydroxylation sites is 1. The molecule has 4 heteroatoms. The van der Waals surface area contributed by atoms with Gasteiger partial charge in [0.1, 0.15) is 0 Å². The Hall–Kier alpha value is -2.62. The van der Waals surface area contributed by atoms with E-state index in [0.29, 0.717) is 11.3 Å². The van der Waals surface area contributed by atoms with Crippen LogP contribution in [-0.2, 0) is 22.4 Å². The number of carbonyl (C=O) groups excluding carboxylic acids is 2. The molecule has 0 saturated carbocycles. The molecular weight excluding hydrogens is 290 g/mol. The fourth-order valence-electron chi connectivity index (χ4n) is 2.79. The smallest absolute Gasteiger partial charge is 0.338 e. The van der Waals surface area contributed by atoms with Gasteiger partial charge in [-0.05, 0) is 61.1 Å². The van der Waals surface area contributed by atoms with E-state index in [1.54, 1.807) is 18.2 Å². The molecule has 1 N–H and O–H groups in total. The molecule has 23 heavy (non-hydrogen) atoms. The molecule has 0 bridgehead atoms. The number of nitrogens with one attached hydrogen (secondary N) is 1. The third-order valence-corrected chi connectivity index (χ3v) is 3.98. The van der Waals surface area contributed by atoms with Gasteiger partial charge >= 0.3 is 5.97 Å². The number of amides is 1. The molecule has 1 aliphatic rings. The molecule has 0 spiro atoms. The Kier molecular flexibility index (Phi) is 4.71. The second-order valence-electron chi connectivity index (χ2n) is 5.68. The van der Waals surface area contributed by atoms with Crippen LogP contribution in [0.25, 0.3) is 0 Å². The lowest BCUT2D eigenvalue weighted by Crippen LogP contribution is -2.21. The summed E-state index contributed by atoms with van der Waals surface area (Å²) in [7, 11) is 0. The lowest BCUT2D eigenvalue weighted by Gasteiger charge is -2.16. The highest BCUT2D eigenvalue weighted by Crippen LogP contribution is 2.22. The quantitative estimate of drug-likeness (QED) is 0.881. The third kappa shape index (κ3) is 3.97. The van der Waals surface area contributed by atoms with Gasteiger partial charge in [0.05, 0.1) is 5.56 Å². The Bertz CT molecular complexity index is 710. The molecule has 0 aliphatic heterocycles. The summed E-state index contributed by atoms with van der Waals surface area (Å²) in [6.07, 6.45) is 4.44. The van der Waals surface area contributed by atoms with Crippen molar-refractivity contribution in [1.82, 2.24) is 0 Å². The van der Waals surface area contributed by atoms with Crippen LogP contribution in [0.3, 0.4) is 0 Å². The summed E-state index contributed by atoms with van der Waals surface area (Å²) in [6, 6.07) is 14.8. The molecule has 3 rings (SSSR count). The zero-order valence-corrected chi connectivity index (χ0v) is 12.9. The van der Waals surface area contributed by atoms with E-state index in [4.69, 9.17) is 4.74 Å². The van der Waals surface area contributed by atoms with E-state index in [9.17, 15) is 9.59 Å². The molecule has 0 aromatic heterocycles. The first-order chi connectivity index (χ1) is 11.2. The van der Waals surface area contributed by atoms with Gasteiger partial charge in [-0.25, -0.2) is 4.79 Å². The minimum absolute atomic E-state index is 0.287. The number of hydrogen-bond acceptors (Lipinski definition) is 3. The van der Waals surface area contributed by atoms with Crippen LogP contribution in [0.5, 0.6) is 0 Å². The number of esters is 1. The molecule has 118 valence electrons. The van der Waals surface area contributed by atoms with Crippen LogP contribution in [0.15, 0.2) is 48.5 Å². The average Bonchev–Trinajstić information content (AvgIpc) is 2.60. The maximum atomic E-state index is 12.1. The van der Waals surface area contributed by atoms with E-state index in [0.717, 1.165) is 19.3 Å². The highest BCUT2D eigenvalue weighted by molar-refractivity contribution is 5.95. The number of hydrogen-bond donors (Lipinski definition) is 1. The fourth-order valence-corrected chi connectivity index (χ4v) is 2.79. The number of carbonyl (C=O) groups is 2. The summed E-state index contributed by atoms with van der Waals surface area (Å²) in [5, 5.41) is 2.68. The number of fused-ring (bicyclic) bond motifs is 1. The van der Waals surface area contributed by atoms with Crippen molar-refractivity contribution in [2.24, 2.45) is 0 Å². The van der Waals surface area contributed by atoms with Crippen LogP contribution in [0.4, 0.5) is 5.69 Å². The Morgan fingerprint density at radius 1 is 0.957 bits per heavy atom. The van der Waals surface area contributed by atoms with Crippen molar-refractivity contribution < 1.29 is 14.3 Å². The van der Waals surface area contributed by atoms with Crippen LogP contribution in [-0.4, -0.2) is 18.5 Å². The Morgan fingerprint density at radius 2 is 1.70 bits per heavy atom. The molecule has 2 aromatic rings. The maximum Gasteiger partial charge on any atom is 0.338 e. The van der Waals surface area contributed by atoms with E-state index in [1.807, 2.05) is 30.3 Å². The molecule has 0 fully saturated rings. The zero-order chi connectivity index (χ0) is 16.1. The molecule has 0 radical (unpaired) electrons. The summed E-state index contributed by atoms with van der Waals surface area (Å²) in [4.78, 5) is 23.9. The van der Waals surface area contributed by atoms with Gasteiger partial charge in [-0.2, -0.15) is 0 Å². The SMILES string of the molecule is O=C(COC(=O)c1ccc2c(c1)CCCC2)Nc1ccccc1. The van der Waals surface area contributed by atoms with E-state index >= 15 is 0 Å². The minimum Gasteiger partial charge on any atom is -0.452 e. The summed E-state index contributed by atoms with van der Waals surface area (Å²) in [6.45, 7) is -0.287. The van der Waals surface area contributed by atoms with Gasteiger partial charge in [0.25, 0.3) is 5.91 Å². The normalized spacial score (nSPS) is 13.0. The Labute approximate surface area is 135 Å². The van der Waals surface area contributed by atoms with Gasteiger partial charge in [-0.3, -0.25) is 4.79 Å². The maximum absolute atomic E-state index is 12.1. The summed E-state index contributed by atoms with van der Waals surface area (Å²) in [5.41, 5.74) is 3.73. The van der Waals surface area contributed by atoms with Crippen molar-refractivity contribution in [3.05, 3.63) is 65.2 Å². The van der Waals surface area contributed by atoms with Gasteiger partial charge in [0, 0.05) is 5.69 Å². The predicted octanol–water partition coefficient (Wildman–Crippen LogP) is 3.36. The van der Waals surface area contributed by atoms with Crippen LogP contribution in [0.2, 0.25) is 0 Å².